The minimum atomic E-state index is -3.12. The third-order valence-electron chi connectivity index (χ3n) is 4.39. The first-order valence-corrected chi connectivity index (χ1v) is 8.98. The summed E-state index contributed by atoms with van der Waals surface area (Å²) in [4.78, 5) is 2.75. The van der Waals surface area contributed by atoms with Crippen LogP contribution in [0.5, 0.6) is 0 Å². The maximum absolute atomic E-state index is 11.5. The Kier molecular flexibility index (Phi) is 4.52. The molecule has 1 fully saturated rings. The average molecular weight is 296 g/mol. The van der Waals surface area contributed by atoms with Crippen molar-refractivity contribution in [2.75, 3.05) is 19.3 Å². The second-order valence-electron chi connectivity index (χ2n) is 5.94. The van der Waals surface area contributed by atoms with E-state index in [2.05, 4.69) is 18.7 Å². The molecule has 0 bridgehead atoms. The molecule has 0 saturated carbocycles. The molecule has 2 rings (SSSR count). The highest BCUT2D eigenvalue weighted by atomic mass is 32.2. The van der Waals surface area contributed by atoms with Crippen LogP contribution in [0.25, 0.3) is 0 Å². The Morgan fingerprint density at radius 3 is 2.40 bits per heavy atom. The summed E-state index contributed by atoms with van der Waals surface area (Å²) in [6, 6.07) is 7.68. The fourth-order valence-corrected chi connectivity index (χ4v) is 3.31. The number of rotatable bonds is 3. The van der Waals surface area contributed by atoms with Gasteiger partial charge < -0.3 is 5.73 Å². The van der Waals surface area contributed by atoms with Gasteiger partial charge >= 0.3 is 0 Å². The van der Waals surface area contributed by atoms with Crippen molar-refractivity contribution in [3.05, 3.63) is 29.8 Å². The summed E-state index contributed by atoms with van der Waals surface area (Å²) < 4.78 is 22.9. The number of piperidine rings is 1. The van der Waals surface area contributed by atoms with Crippen molar-refractivity contribution in [3.63, 3.8) is 0 Å². The maximum atomic E-state index is 11.5. The summed E-state index contributed by atoms with van der Waals surface area (Å²) in [6.45, 7) is 6.30. The molecule has 5 heteroatoms. The SMILES string of the molecule is CC1CCN(C(C)c2ccc(S(C)(=O)=O)cc2)CC1N. The van der Waals surface area contributed by atoms with Crippen LogP contribution in [0.4, 0.5) is 0 Å². The van der Waals surface area contributed by atoms with Crippen LogP contribution >= 0.6 is 0 Å². The van der Waals surface area contributed by atoms with Crippen LogP contribution in [-0.4, -0.2) is 38.7 Å². The number of hydrogen-bond donors (Lipinski definition) is 1. The first-order valence-electron chi connectivity index (χ1n) is 7.08. The maximum Gasteiger partial charge on any atom is 0.175 e. The van der Waals surface area contributed by atoms with E-state index in [0.29, 0.717) is 10.8 Å². The fourth-order valence-electron chi connectivity index (χ4n) is 2.68. The lowest BCUT2D eigenvalue weighted by molar-refractivity contribution is 0.128. The number of nitrogens with zero attached hydrogens (tertiary/aromatic N) is 1. The van der Waals surface area contributed by atoms with E-state index in [-0.39, 0.29) is 12.1 Å². The van der Waals surface area contributed by atoms with Gasteiger partial charge in [-0.2, -0.15) is 0 Å². The molecule has 4 nitrogen and oxygen atoms in total. The normalized spacial score (nSPS) is 26.4. The van der Waals surface area contributed by atoms with Gasteiger partial charge in [0, 0.05) is 24.9 Å². The molecule has 1 aromatic carbocycles. The molecule has 3 atom stereocenters. The second-order valence-corrected chi connectivity index (χ2v) is 7.96. The molecule has 2 N–H and O–H groups in total. The molecule has 0 radical (unpaired) electrons. The largest absolute Gasteiger partial charge is 0.326 e. The van der Waals surface area contributed by atoms with E-state index in [0.717, 1.165) is 25.1 Å². The van der Waals surface area contributed by atoms with Crippen LogP contribution < -0.4 is 5.73 Å². The first-order chi connectivity index (χ1) is 9.29. The molecule has 0 aromatic heterocycles. The Hall–Kier alpha value is -0.910. The summed E-state index contributed by atoms with van der Waals surface area (Å²) in [7, 11) is -3.12. The van der Waals surface area contributed by atoms with E-state index >= 15 is 0 Å². The standard InChI is InChI=1S/C15H24N2O2S/c1-11-8-9-17(10-15(11)16)12(2)13-4-6-14(7-5-13)20(3,18)19/h4-7,11-12,15H,8-10,16H2,1-3H3. The predicted octanol–water partition coefficient (Wildman–Crippen LogP) is 1.82. The molecule has 1 heterocycles. The van der Waals surface area contributed by atoms with Crippen molar-refractivity contribution in [2.45, 2.75) is 37.2 Å². The van der Waals surface area contributed by atoms with E-state index in [9.17, 15) is 8.42 Å². The molecule has 0 amide bonds. The van der Waals surface area contributed by atoms with Gasteiger partial charge in [-0.05, 0) is 43.5 Å². The third kappa shape index (κ3) is 3.40. The number of nitrogens with two attached hydrogens (primary N) is 1. The highest BCUT2D eigenvalue weighted by Gasteiger charge is 2.26. The first kappa shape index (κ1) is 15.5. The average Bonchev–Trinajstić information content (AvgIpc) is 2.40. The summed E-state index contributed by atoms with van der Waals surface area (Å²) in [5.41, 5.74) is 7.28. The zero-order valence-electron chi connectivity index (χ0n) is 12.4. The highest BCUT2D eigenvalue weighted by molar-refractivity contribution is 7.90. The summed E-state index contributed by atoms with van der Waals surface area (Å²) >= 11 is 0. The molecule has 112 valence electrons. The molecule has 1 aliphatic heterocycles. The zero-order chi connectivity index (χ0) is 14.9. The number of likely N-dealkylation sites (tertiary alicyclic amines) is 1. The smallest absolute Gasteiger partial charge is 0.175 e. The molecule has 1 aliphatic rings. The lowest BCUT2D eigenvalue weighted by atomic mass is 9.92. The Morgan fingerprint density at radius 1 is 1.30 bits per heavy atom. The lowest BCUT2D eigenvalue weighted by Crippen LogP contribution is -2.48. The molecule has 1 saturated heterocycles. The van der Waals surface area contributed by atoms with Crippen molar-refractivity contribution in [1.82, 2.24) is 4.90 Å². The van der Waals surface area contributed by atoms with Gasteiger partial charge in [0.25, 0.3) is 0 Å². The molecule has 1 aromatic rings. The van der Waals surface area contributed by atoms with Crippen LogP contribution in [0.3, 0.4) is 0 Å². The van der Waals surface area contributed by atoms with Gasteiger partial charge in [0.1, 0.15) is 0 Å². The molecular weight excluding hydrogens is 272 g/mol. The van der Waals surface area contributed by atoms with Gasteiger partial charge in [0.05, 0.1) is 4.90 Å². The highest BCUT2D eigenvalue weighted by Crippen LogP contribution is 2.26. The minimum Gasteiger partial charge on any atom is -0.326 e. The van der Waals surface area contributed by atoms with Crippen molar-refractivity contribution in [3.8, 4) is 0 Å². The van der Waals surface area contributed by atoms with Crippen LogP contribution in [0, 0.1) is 5.92 Å². The number of hydrogen-bond acceptors (Lipinski definition) is 4. The summed E-state index contributed by atoms with van der Waals surface area (Å²) in [5.74, 6) is 0.575. The van der Waals surface area contributed by atoms with Crippen LogP contribution in [0.15, 0.2) is 29.2 Å². The van der Waals surface area contributed by atoms with Crippen molar-refractivity contribution in [2.24, 2.45) is 11.7 Å². The van der Waals surface area contributed by atoms with Crippen molar-refractivity contribution >= 4 is 9.84 Å². The Labute approximate surface area is 121 Å². The van der Waals surface area contributed by atoms with Crippen molar-refractivity contribution in [1.29, 1.82) is 0 Å². The van der Waals surface area contributed by atoms with Gasteiger partial charge in [-0.3, -0.25) is 4.90 Å². The zero-order valence-corrected chi connectivity index (χ0v) is 13.2. The van der Waals surface area contributed by atoms with E-state index in [1.165, 1.54) is 6.26 Å². The molecule has 0 spiro atoms. The van der Waals surface area contributed by atoms with Gasteiger partial charge in [-0.15, -0.1) is 0 Å². The van der Waals surface area contributed by atoms with Crippen LogP contribution in [-0.2, 0) is 9.84 Å². The fraction of sp³-hybridized carbons (Fsp3) is 0.600. The van der Waals surface area contributed by atoms with Gasteiger partial charge in [-0.1, -0.05) is 19.1 Å². The predicted molar refractivity (Wildman–Crippen MR) is 81.3 cm³/mol. The van der Waals surface area contributed by atoms with Crippen LogP contribution in [0.1, 0.15) is 31.9 Å². The Morgan fingerprint density at radius 2 is 1.90 bits per heavy atom. The molecule has 20 heavy (non-hydrogen) atoms. The summed E-state index contributed by atoms with van der Waals surface area (Å²) in [6.07, 6.45) is 2.35. The van der Waals surface area contributed by atoms with E-state index in [4.69, 9.17) is 5.73 Å². The minimum absolute atomic E-state index is 0.224. The van der Waals surface area contributed by atoms with E-state index in [1.54, 1.807) is 12.1 Å². The van der Waals surface area contributed by atoms with Gasteiger partial charge in [0.15, 0.2) is 9.84 Å². The third-order valence-corrected chi connectivity index (χ3v) is 5.51. The Balaban J connectivity index is 2.11. The molecule has 0 aliphatic carbocycles. The topological polar surface area (TPSA) is 63.4 Å². The number of sulfone groups is 1. The van der Waals surface area contributed by atoms with Gasteiger partial charge in [-0.25, -0.2) is 8.42 Å². The quantitative estimate of drug-likeness (QED) is 0.924. The lowest BCUT2D eigenvalue weighted by Gasteiger charge is -2.38. The van der Waals surface area contributed by atoms with E-state index in [1.807, 2.05) is 12.1 Å². The summed E-state index contributed by atoms with van der Waals surface area (Å²) in [5, 5.41) is 0. The second kappa shape index (κ2) is 5.84. The molecule has 3 unspecified atom stereocenters. The van der Waals surface area contributed by atoms with Crippen LogP contribution in [0.2, 0.25) is 0 Å². The molecular formula is C15H24N2O2S. The Bertz CT molecular complexity index is 554. The van der Waals surface area contributed by atoms with Crippen molar-refractivity contribution < 1.29 is 8.42 Å². The van der Waals surface area contributed by atoms with E-state index < -0.39 is 9.84 Å². The number of benzene rings is 1. The van der Waals surface area contributed by atoms with Gasteiger partial charge in [0.2, 0.25) is 0 Å². The monoisotopic (exact) mass is 296 g/mol.